The summed E-state index contributed by atoms with van der Waals surface area (Å²) in [5.41, 5.74) is 6.30. The van der Waals surface area contributed by atoms with Gasteiger partial charge in [-0.2, -0.15) is 15.2 Å². The number of nitrogens with one attached hydrogen (secondary N) is 1. The number of likely N-dealkylation sites (tertiary alicyclic amines) is 1. The van der Waals surface area contributed by atoms with Crippen LogP contribution in [0.4, 0.5) is 24.0 Å². The number of aromatic nitrogens is 2. The average Bonchev–Trinajstić information content (AvgIpc) is 3.60. The van der Waals surface area contributed by atoms with E-state index in [2.05, 4.69) is 15.2 Å². The largest absolute Gasteiger partial charge is 0.462 e. The number of morpholine rings is 1. The number of ether oxygens (including phenoxy) is 2. The topological polar surface area (TPSA) is 113 Å². The van der Waals surface area contributed by atoms with Crippen molar-refractivity contribution < 1.29 is 22.6 Å². The number of benzene rings is 2. The molecule has 3 saturated heterocycles. The maximum absolute atomic E-state index is 16.9. The van der Waals surface area contributed by atoms with Crippen LogP contribution < -0.4 is 20.7 Å². The molecule has 5 heterocycles. The van der Waals surface area contributed by atoms with Crippen molar-refractivity contribution in [1.82, 2.24) is 20.2 Å². The van der Waals surface area contributed by atoms with Crippen molar-refractivity contribution in [3.8, 4) is 23.2 Å². The average molecular weight is 644 g/mol. The summed E-state index contributed by atoms with van der Waals surface area (Å²) in [4.78, 5) is 13.5. The van der Waals surface area contributed by atoms with Crippen LogP contribution in [0.3, 0.4) is 0 Å². The molecule has 230 valence electrons. The maximum atomic E-state index is 16.9. The number of nitriles is 1. The summed E-state index contributed by atoms with van der Waals surface area (Å²) >= 11 is 7.75. The third-order valence-corrected chi connectivity index (χ3v) is 10.1. The number of nitrogens with two attached hydrogens (primary N) is 1. The van der Waals surface area contributed by atoms with E-state index in [9.17, 15) is 14.0 Å². The lowest BCUT2D eigenvalue weighted by atomic mass is 9.96. The van der Waals surface area contributed by atoms with Gasteiger partial charge in [-0.3, -0.25) is 4.90 Å². The molecule has 0 amide bonds. The molecule has 0 saturated carbocycles. The first kappa shape index (κ1) is 29.3. The third kappa shape index (κ3) is 4.89. The van der Waals surface area contributed by atoms with Crippen LogP contribution in [0.5, 0.6) is 6.01 Å². The zero-order valence-electron chi connectivity index (χ0n) is 23.6. The van der Waals surface area contributed by atoms with Gasteiger partial charge in [0.25, 0.3) is 0 Å². The zero-order valence-corrected chi connectivity index (χ0v) is 25.2. The van der Waals surface area contributed by atoms with Gasteiger partial charge in [0, 0.05) is 42.0 Å². The Morgan fingerprint density at radius 1 is 1.23 bits per heavy atom. The van der Waals surface area contributed by atoms with Crippen LogP contribution in [-0.4, -0.2) is 85.7 Å². The highest BCUT2D eigenvalue weighted by Crippen LogP contribution is 2.46. The normalized spacial score (nSPS) is 22.2. The van der Waals surface area contributed by atoms with Crippen molar-refractivity contribution in [3.05, 3.63) is 40.4 Å². The second kappa shape index (κ2) is 11.8. The number of alkyl halides is 1. The molecule has 44 heavy (non-hydrogen) atoms. The molecule has 3 aliphatic heterocycles. The monoisotopic (exact) mass is 643 g/mol. The molecule has 3 N–H and O–H groups in total. The Balaban J connectivity index is 1.40. The van der Waals surface area contributed by atoms with Gasteiger partial charge >= 0.3 is 6.01 Å². The molecule has 7 rings (SSSR count). The number of nitrogens with zero attached hydrogens (tertiary/aromatic N) is 5. The van der Waals surface area contributed by atoms with E-state index in [4.69, 9.17) is 31.8 Å². The Morgan fingerprint density at radius 2 is 2.02 bits per heavy atom. The van der Waals surface area contributed by atoms with E-state index in [0.717, 1.165) is 30.7 Å². The molecule has 0 aliphatic carbocycles. The van der Waals surface area contributed by atoms with Crippen molar-refractivity contribution in [1.29, 1.82) is 5.26 Å². The summed E-state index contributed by atoms with van der Waals surface area (Å²) < 4.78 is 56.9. The van der Waals surface area contributed by atoms with Crippen LogP contribution in [0.2, 0.25) is 5.02 Å². The van der Waals surface area contributed by atoms with E-state index in [1.807, 2.05) is 11.0 Å². The number of nitrogen functional groups attached to an aromatic ring is 1. The molecule has 0 radical (unpaired) electrons. The molecular weight excluding hydrogens is 615 g/mol. The Labute approximate surface area is 260 Å². The highest BCUT2D eigenvalue weighted by molar-refractivity contribution is 7.23. The van der Waals surface area contributed by atoms with Gasteiger partial charge in [0.05, 0.1) is 40.6 Å². The summed E-state index contributed by atoms with van der Waals surface area (Å²) in [5.74, 6) is -0.842. The summed E-state index contributed by atoms with van der Waals surface area (Å²) in [6.45, 7) is 3.11. The second-order valence-electron chi connectivity index (χ2n) is 11.3. The molecule has 2 aromatic heterocycles. The standard InChI is InChI=1S/C30H29ClF3N7O2S/c31-21-8-19-26(25(34)24(21)18-3-4-22(33)27-23(18)20(9-35)28(36)44-27)38-30(43-14-15-2-1-6-40(15)7-5-32)39-29(19)41-16-10-37-11-17(41)13-42-12-16/h3-4,8,15-17,37H,1-2,5-7,10-14,36H2/t15-,16?,17?/m0/s1. The zero-order chi connectivity index (χ0) is 30.5. The number of thiophene rings is 1. The molecule has 14 heteroatoms. The number of hydrogen-bond donors (Lipinski definition) is 2. The van der Waals surface area contributed by atoms with Gasteiger partial charge < -0.3 is 25.4 Å². The van der Waals surface area contributed by atoms with Crippen LogP contribution in [0, 0.1) is 23.0 Å². The molecule has 2 aromatic carbocycles. The molecule has 2 unspecified atom stereocenters. The van der Waals surface area contributed by atoms with E-state index >= 15 is 4.39 Å². The minimum Gasteiger partial charge on any atom is -0.462 e. The number of anilines is 2. The van der Waals surface area contributed by atoms with Gasteiger partial charge in [-0.05, 0) is 37.1 Å². The van der Waals surface area contributed by atoms with Crippen molar-refractivity contribution >= 4 is 54.7 Å². The summed E-state index contributed by atoms with van der Waals surface area (Å²) in [6, 6.07) is 6.11. The molecule has 3 fully saturated rings. The molecular formula is C30H29ClF3N7O2S. The van der Waals surface area contributed by atoms with E-state index in [1.165, 1.54) is 12.1 Å². The number of piperazine rings is 1. The Morgan fingerprint density at radius 3 is 2.77 bits per heavy atom. The first-order valence-electron chi connectivity index (χ1n) is 14.5. The lowest BCUT2D eigenvalue weighted by molar-refractivity contribution is 0.0523. The van der Waals surface area contributed by atoms with E-state index < -0.39 is 18.3 Å². The minimum atomic E-state index is -0.751. The third-order valence-electron chi connectivity index (χ3n) is 8.73. The van der Waals surface area contributed by atoms with Crippen molar-refractivity contribution in [2.24, 2.45) is 0 Å². The predicted octanol–water partition coefficient (Wildman–Crippen LogP) is 4.89. The number of halogens is 4. The lowest BCUT2D eigenvalue weighted by Crippen LogP contribution is -2.64. The van der Waals surface area contributed by atoms with Crippen LogP contribution >= 0.6 is 22.9 Å². The van der Waals surface area contributed by atoms with Gasteiger partial charge in [0.1, 0.15) is 41.5 Å². The minimum absolute atomic E-state index is 0.00737. The SMILES string of the molecule is N#Cc1c(N)sc2c(F)ccc(-c3c(Cl)cc4c(N5C6CNCC5COC6)nc(OC[C@@H]5CCCN5CCF)nc4c3F)c12. The number of fused-ring (bicyclic) bond motifs is 4. The lowest BCUT2D eigenvalue weighted by Gasteiger charge is -2.47. The quantitative estimate of drug-likeness (QED) is 0.291. The molecule has 2 bridgehead atoms. The second-order valence-corrected chi connectivity index (χ2v) is 12.7. The summed E-state index contributed by atoms with van der Waals surface area (Å²) in [7, 11) is 0. The smallest absolute Gasteiger partial charge is 0.319 e. The molecule has 3 atom stereocenters. The van der Waals surface area contributed by atoms with E-state index in [-0.39, 0.29) is 73.1 Å². The Bertz CT molecular complexity index is 1780. The number of rotatable bonds is 7. The Hall–Kier alpha value is -3.41. The molecule has 9 nitrogen and oxygen atoms in total. The van der Waals surface area contributed by atoms with Gasteiger partial charge in [-0.15, -0.1) is 11.3 Å². The highest BCUT2D eigenvalue weighted by atomic mass is 35.5. The fourth-order valence-electron chi connectivity index (χ4n) is 6.71. The van der Waals surface area contributed by atoms with Crippen LogP contribution in [0.1, 0.15) is 18.4 Å². The first-order chi connectivity index (χ1) is 21.4. The molecule has 0 spiro atoms. The fourth-order valence-corrected chi connectivity index (χ4v) is 7.95. The van der Waals surface area contributed by atoms with Crippen LogP contribution in [-0.2, 0) is 4.74 Å². The molecule has 4 aromatic rings. The summed E-state index contributed by atoms with van der Waals surface area (Å²) in [6.07, 6.45) is 1.78. The van der Waals surface area contributed by atoms with Crippen molar-refractivity contribution in [2.75, 3.05) is 63.3 Å². The first-order valence-corrected chi connectivity index (χ1v) is 15.7. The molecule has 3 aliphatic rings. The summed E-state index contributed by atoms with van der Waals surface area (Å²) in [5, 5.41) is 14.0. The van der Waals surface area contributed by atoms with Gasteiger partial charge in [-0.25, -0.2) is 13.2 Å². The van der Waals surface area contributed by atoms with Crippen LogP contribution in [0.25, 0.3) is 32.1 Å². The van der Waals surface area contributed by atoms with Gasteiger partial charge in [-0.1, -0.05) is 17.7 Å². The highest BCUT2D eigenvalue weighted by Gasteiger charge is 2.38. The van der Waals surface area contributed by atoms with Crippen molar-refractivity contribution in [2.45, 2.75) is 31.0 Å². The van der Waals surface area contributed by atoms with Crippen LogP contribution in [0.15, 0.2) is 18.2 Å². The Kier molecular flexibility index (Phi) is 7.88. The maximum Gasteiger partial charge on any atom is 0.319 e. The van der Waals surface area contributed by atoms with Gasteiger partial charge in [0.2, 0.25) is 0 Å². The van der Waals surface area contributed by atoms with E-state index in [1.54, 1.807) is 6.07 Å². The van der Waals surface area contributed by atoms with E-state index in [0.29, 0.717) is 44.1 Å². The predicted molar refractivity (Wildman–Crippen MR) is 164 cm³/mol. The van der Waals surface area contributed by atoms with Crippen molar-refractivity contribution in [3.63, 3.8) is 0 Å². The number of hydrogen-bond acceptors (Lipinski definition) is 10. The fraction of sp³-hybridized carbons (Fsp3) is 0.433. The van der Waals surface area contributed by atoms with Gasteiger partial charge in [0.15, 0.2) is 5.82 Å².